The SMILES string of the molecule is C=CCNC(=O)CCn1nc(C)c([N+](=O)[O-])c1C. The Morgan fingerprint density at radius 3 is 2.78 bits per heavy atom. The molecule has 1 rings (SSSR count). The fourth-order valence-corrected chi connectivity index (χ4v) is 1.65. The molecule has 1 aromatic heterocycles. The summed E-state index contributed by atoms with van der Waals surface area (Å²) in [5.41, 5.74) is 0.847. The molecule has 1 amide bonds. The van der Waals surface area contributed by atoms with Crippen LogP contribution < -0.4 is 5.32 Å². The first-order chi connectivity index (χ1) is 8.47. The molecule has 0 saturated carbocycles. The van der Waals surface area contributed by atoms with E-state index in [2.05, 4.69) is 17.0 Å². The number of rotatable bonds is 6. The molecule has 0 spiro atoms. The predicted octanol–water partition coefficient (Wildman–Crippen LogP) is 1.10. The van der Waals surface area contributed by atoms with Crippen molar-refractivity contribution in [3.8, 4) is 0 Å². The molecule has 1 heterocycles. The average molecular weight is 252 g/mol. The summed E-state index contributed by atoms with van der Waals surface area (Å²) in [7, 11) is 0. The Hall–Kier alpha value is -2.18. The second kappa shape index (κ2) is 5.95. The van der Waals surface area contributed by atoms with Crippen LogP contribution in [0.25, 0.3) is 0 Å². The molecule has 0 aromatic carbocycles. The van der Waals surface area contributed by atoms with Gasteiger partial charge in [-0.25, -0.2) is 0 Å². The summed E-state index contributed by atoms with van der Waals surface area (Å²) in [6.45, 7) is 7.44. The van der Waals surface area contributed by atoms with Gasteiger partial charge < -0.3 is 5.32 Å². The minimum atomic E-state index is -0.452. The second-order valence-corrected chi connectivity index (χ2v) is 3.84. The summed E-state index contributed by atoms with van der Waals surface area (Å²) in [6, 6.07) is 0. The Kier molecular flexibility index (Phi) is 4.59. The molecule has 1 aromatic rings. The van der Waals surface area contributed by atoms with E-state index in [0.717, 1.165) is 0 Å². The number of hydrogen-bond donors (Lipinski definition) is 1. The third-order valence-electron chi connectivity index (χ3n) is 2.52. The normalized spacial score (nSPS) is 10.1. The van der Waals surface area contributed by atoms with Crippen molar-refractivity contribution < 1.29 is 9.72 Å². The van der Waals surface area contributed by atoms with Gasteiger partial charge in [0.25, 0.3) is 0 Å². The smallest absolute Gasteiger partial charge is 0.312 e. The Morgan fingerprint density at radius 2 is 2.28 bits per heavy atom. The van der Waals surface area contributed by atoms with Crippen LogP contribution in [0.2, 0.25) is 0 Å². The molecule has 0 saturated heterocycles. The van der Waals surface area contributed by atoms with Crippen molar-refractivity contribution in [1.82, 2.24) is 15.1 Å². The Labute approximate surface area is 105 Å². The highest BCUT2D eigenvalue weighted by molar-refractivity contribution is 5.75. The standard InChI is InChI=1S/C11H16N4O3/c1-4-6-12-10(16)5-7-14-9(3)11(15(17)18)8(2)13-14/h4H,1,5-7H2,2-3H3,(H,12,16). The minimum absolute atomic E-state index is 0.0153. The van der Waals surface area contributed by atoms with E-state index in [9.17, 15) is 14.9 Å². The first kappa shape index (κ1) is 13.9. The number of nitrogens with zero attached hydrogens (tertiary/aromatic N) is 3. The molecule has 0 bridgehead atoms. The van der Waals surface area contributed by atoms with E-state index in [1.807, 2.05) is 0 Å². The molecule has 0 unspecified atom stereocenters. The van der Waals surface area contributed by atoms with E-state index in [0.29, 0.717) is 24.5 Å². The number of aromatic nitrogens is 2. The molecule has 98 valence electrons. The van der Waals surface area contributed by atoms with Crippen molar-refractivity contribution in [1.29, 1.82) is 0 Å². The Bertz CT molecular complexity index is 479. The van der Waals surface area contributed by atoms with E-state index < -0.39 is 4.92 Å². The van der Waals surface area contributed by atoms with Crippen molar-refractivity contribution in [2.24, 2.45) is 0 Å². The van der Waals surface area contributed by atoms with Gasteiger partial charge in [-0.1, -0.05) is 6.08 Å². The second-order valence-electron chi connectivity index (χ2n) is 3.84. The topological polar surface area (TPSA) is 90.1 Å². The first-order valence-electron chi connectivity index (χ1n) is 5.53. The van der Waals surface area contributed by atoms with Crippen LogP contribution in [-0.4, -0.2) is 27.2 Å². The van der Waals surface area contributed by atoms with Gasteiger partial charge in [-0.2, -0.15) is 5.10 Å². The number of nitrogens with one attached hydrogen (secondary N) is 1. The quantitative estimate of drug-likeness (QED) is 0.466. The summed E-state index contributed by atoms with van der Waals surface area (Å²) >= 11 is 0. The molecular weight excluding hydrogens is 236 g/mol. The van der Waals surface area contributed by atoms with Gasteiger partial charge in [-0.05, 0) is 13.8 Å². The lowest BCUT2D eigenvalue weighted by Crippen LogP contribution is -2.24. The summed E-state index contributed by atoms with van der Waals surface area (Å²) in [4.78, 5) is 21.7. The van der Waals surface area contributed by atoms with E-state index in [-0.39, 0.29) is 18.0 Å². The largest absolute Gasteiger partial charge is 0.353 e. The summed E-state index contributed by atoms with van der Waals surface area (Å²) in [6.07, 6.45) is 1.82. The fraction of sp³-hybridized carbons (Fsp3) is 0.455. The molecule has 7 heteroatoms. The molecule has 0 atom stereocenters. The Balaban J connectivity index is 2.69. The lowest BCUT2D eigenvalue weighted by Gasteiger charge is -2.04. The van der Waals surface area contributed by atoms with Crippen LogP contribution in [0.15, 0.2) is 12.7 Å². The van der Waals surface area contributed by atoms with Gasteiger partial charge in [0.2, 0.25) is 5.91 Å². The maximum Gasteiger partial charge on any atom is 0.312 e. The average Bonchev–Trinajstić information content (AvgIpc) is 2.58. The van der Waals surface area contributed by atoms with Crippen LogP contribution in [0.4, 0.5) is 5.69 Å². The van der Waals surface area contributed by atoms with Gasteiger partial charge in [-0.3, -0.25) is 19.6 Å². The molecule has 0 aliphatic carbocycles. The van der Waals surface area contributed by atoms with Crippen molar-refractivity contribution in [2.45, 2.75) is 26.8 Å². The van der Waals surface area contributed by atoms with Crippen LogP contribution in [-0.2, 0) is 11.3 Å². The number of carbonyl (C=O) groups is 1. The molecule has 0 aliphatic rings. The fourth-order valence-electron chi connectivity index (χ4n) is 1.65. The highest BCUT2D eigenvalue weighted by Crippen LogP contribution is 2.21. The van der Waals surface area contributed by atoms with Gasteiger partial charge in [0.05, 0.1) is 11.5 Å². The number of hydrogen-bond acceptors (Lipinski definition) is 4. The molecule has 18 heavy (non-hydrogen) atoms. The lowest BCUT2D eigenvalue weighted by molar-refractivity contribution is -0.386. The molecule has 0 radical (unpaired) electrons. The molecular formula is C11H16N4O3. The number of aryl methyl sites for hydroxylation is 2. The summed E-state index contributed by atoms with van der Waals surface area (Å²) in [5, 5.41) is 17.5. The minimum Gasteiger partial charge on any atom is -0.353 e. The van der Waals surface area contributed by atoms with Crippen molar-refractivity contribution in [3.63, 3.8) is 0 Å². The molecule has 0 fully saturated rings. The zero-order valence-electron chi connectivity index (χ0n) is 10.5. The van der Waals surface area contributed by atoms with Crippen LogP contribution in [0.1, 0.15) is 17.8 Å². The number of carbonyl (C=O) groups excluding carboxylic acids is 1. The van der Waals surface area contributed by atoms with Gasteiger partial charge in [-0.15, -0.1) is 6.58 Å². The highest BCUT2D eigenvalue weighted by atomic mass is 16.6. The van der Waals surface area contributed by atoms with Crippen molar-refractivity contribution in [3.05, 3.63) is 34.2 Å². The zero-order chi connectivity index (χ0) is 13.7. The lowest BCUT2D eigenvalue weighted by atomic mass is 10.3. The number of amides is 1. The van der Waals surface area contributed by atoms with Gasteiger partial charge in [0, 0.05) is 13.0 Å². The van der Waals surface area contributed by atoms with Crippen molar-refractivity contribution >= 4 is 11.6 Å². The van der Waals surface area contributed by atoms with Gasteiger partial charge in [0.1, 0.15) is 11.4 Å². The van der Waals surface area contributed by atoms with Gasteiger partial charge >= 0.3 is 5.69 Å². The van der Waals surface area contributed by atoms with Crippen LogP contribution in [0, 0.1) is 24.0 Å². The summed E-state index contributed by atoms with van der Waals surface area (Å²) < 4.78 is 1.49. The summed E-state index contributed by atoms with van der Waals surface area (Å²) in [5.74, 6) is -0.134. The van der Waals surface area contributed by atoms with E-state index in [1.54, 1.807) is 19.9 Å². The maximum absolute atomic E-state index is 11.4. The zero-order valence-corrected chi connectivity index (χ0v) is 10.5. The third-order valence-corrected chi connectivity index (χ3v) is 2.52. The van der Waals surface area contributed by atoms with Crippen LogP contribution in [0.5, 0.6) is 0 Å². The highest BCUT2D eigenvalue weighted by Gasteiger charge is 2.21. The molecule has 1 N–H and O–H groups in total. The predicted molar refractivity (Wildman–Crippen MR) is 66.2 cm³/mol. The third kappa shape index (κ3) is 3.16. The molecule has 7 nitrogen and oxygen atoms in total. The van der Waals surface area contributed by atoms with Crippen LogP contribution in [0.3, 0.4) is 0 Å². The van der Waals surface area contributed by atoms with E-state index in [1.165, 1.54) is 4.68 Å². The number of nitro groups is 1. The van der Waals surface area contributed by atoms with Crippen molar-refractivity contribution in [2.75, 3.05) is 6.54 Å². The first-order valence-corrected chi connectivity index (χ1v) is 5.53. The maximum atomic E-state index is 11.4. The monoisotopic (exact) mass is 252 g/mol. The van der Waals surface area contributed by atoms with E-state index in [4.69, 9.17) is 0 Å². The Morgan fingerprint density at radius 1 is 1.61 bits per heavy atom. The van der Waals surface area contributed by atoms with E-state index >= 15 is 0 Å². The van der Waals surface area contributed by atoms with Crippen LogP contribution >= 0.6 is 0 Å². The van der Waals surface area contributed by atoms with Gasteiger partial charge in [0.15, 0.2) is 0 Å². The molecule has 0 aliphatic heterocycles.